The molecule has 1 amide bonds. The third-order valence-electron chi connectivity index (χ3n) is 4.89. The van der Waals surface area contributed by atoms with Crippen LogP contribution in [0.3, 0.4) is 0 Å². The third kappa shape index (κ3) is 5.64. The van der Waals surface area contributed by atoms with Crippen LogP contribution in [0.25, 0.3) is 16.6 Å². The van der Waals surface area contributed by atoms with E-state index in [1.54, 1.807) is 66.7 Å². The summed E-state index contributed by atoms with van der Waals surface area (Å²) in [6.07, 6.45) is 1.33. The third-order valence-corrected chi connectivity index (χ3v) is 6.08. The number of hydrogen-bond donors (Lipinski definition) is 2. The van der Waals surface area contributed by atoms with Crippen molar-refractivity contribution in [3.05, 3.63) is 87.7 Å². The number of carbonyl (C=O) groups excluding carboxylic acids is 1. The van der Waals surface area contributed by atoms with Gasteiger partial charge < -0.3 is 9.84 Å². The summed E-state index contributed by atoms with van der Waals surface area (Å²) in [4.78, 5) is 30.3. The highest BCUT2D eigenvalue weighted by molar-refractivity contribution is 7.99. The minimum Gasteiger partial charge on any atom is -0.504 e. The zero-order valence-electron chi connectivity index (χ0n) is 18.6. The van der Waals surface area contributed by atoms with Crippen LogP contribution in [0.4, 0.5) is 0 Å². The first kappa shape index (κ1) is 24.3. The van der Waals surface area contributed by atoms with E-state index < -0.39 is 5.91 Å². The summed E-state index contributed by atoms with van der Waals surface area (Å²) < 4.78 is 6.80. The van der Waals surface area contributed by atoms with E-state index >= 15 is 0 Å². The number of aromatic nitrogens is 2. The first-order chi connectivity index (χ1) is 17.0. The number of phenols is 1. The molecule has 35 heavy (non-hydrogen) atoms. The average molecular weight is 509 g/mol. The SMILES string of the molecule is CCOc1cccc(C=NNC(=O)CSc2nc3ccccc3c(=O)n2-c2ccc(Cl)cc2)c1O. The molecule has 0 unspecified atom stereocenters. The highest BCUT2D eigenvalue weighted by atomic mass is 35.5. The number of thioether (sulfide) groups is 1. The Kier molecular flexibility index (Phi) is 7.69. The largest absolute Gasteiger partial charge is 0.504 e. The molecule has 178 valence electrons. The Hall–Kier alpha value is -3.82. The normalized spacial score (nSPS) is 11.1. The number of hydrazone groups is 1. The molecule has 1 heterocycles. The molecule has 2 N–H and O–H groups in total. The molecular formula is C25H21ClN4O4S. The maximum absolute atomic E-state index is 13.2. The number of amides is 1. The molecule has 3 aromatic carbocycles. The molecule has 0 aliphatic rings. The number of benzene rings is 3. The summed E-state index contributed by atoms with van der Waals surface area (Å²) in [6, 6.07) is 18.8. The van der Waals surface area contributed by atoms with Crippen molar-refractivity contribution in [1.82, 2.24) is 15.0 Å². The van der Waals surface area contributed by atoms with Crippen LogP contribution >= 0.6 is 23.4 Å². The number of nitrogens with zero attached hydrogens (tertiary/aromatic N) is 3. The van der Waals surface area contributed by atoms with E-state index in [-0.39, 0.29) is 17.1 Å². The summed E-state index contributed by atoms with van der Waals surface area (Å²) in [5, 5.41) is 15.5. The first-order valence-corrected chi connectivity index (χ1v) is 12.0. The lowest BCUT2D eigenvalue weighted by molar-refractivity contribution is -0.118. The van der Waals surface area contributed by atoms with Gasteiger partial charge in [0.15, 0.2) is 16.7 Å². The van der Waals surface area contributed by atoms with E-state index in [1.807, 2.05) is 6.92 Å². The monoisotopic (exact) mass is 508 g/mol. The Balaban J connectivity index is 1.53. The molecule has 0 saturated heterocycles. The van der Waals surface area contributed by atoms with Crippen molar-refractivity contribution in [2.24, 2.45) is 5.10 Å². The number of fused-ring (bicyclic) bond motifs is 1. The molecule has 10 heteroatoms. The zero-order chi connectivity index (χ0) is 24.8. The van der Waals surface area contributed by atoms with Crippen molar-refractivity contribution < 1.29 is 14.6 Å². The second kappa shape index (κ2) is 11.1. The summed E-state index contributed by atoms with van der Waals surface area (Å²) in [6.45, 7) is 2.22. The number of carbonyl (C=O) groups is 1. The molecule has 0 saturated carbocycles. The smallest absolute Gasteiger partial charge is 0.266 e. The Morgan fingerprint density at radius 3 is 2.71 bits per heavy atom. The maximum Gasteiger partial charge on any atom is 0.266 e. The lowest BCUT2D eigenvalue weighted by Crippen LogP contribution is -2.24. The fourth-order valence-electron chi connectivity index (χ4n) is 3.28. The van der Waals surface area contributed by atoms with Gasteiger partial charge in [0, 0.05) is 10.6 Å². The topological polar surface area (TPSA) is 106 Å². The van der Waals surface area contributed by atoms with Gasteiger partial charge in [0.25, 0.3) is 11.5 Å². The molecule has 0 aliphatic carbocycles. The molecule has 4 rings (SSSR count). The van der Waals surface area contributed by atoms with Gasteiger partial charge in [-0.05, 0) is 55.5 Å². The lowest BCUT2D eigenvalue weighted by Gasteiger charge is -2.13. The van der Waals surface area contributed by atoms with Crippen molar-refractivity contribution in [2.45, 2.75) is 12.1 Å². The van der Waals surface area contributed by atoms with Gasteiger partial charge in [-0.2, -0.15) is 5.10 Å². The van der Waals surface area contributed by atoms with Gasteiger partial charge in [-0.3, -0.25) is 14.2 Å². The molecule has 0 aliphatic heterocycles. The quantitative estimate of drug-likeness (QED) is 0.158. The Morgan fingerprint density at radius 1 is 1.17 bits per heavy atom. The lowest BCUT2D eigenvalue weighted by atomic mass is 10.2. The van der Waals surface area contributed by atoms with E-state index in [2.05, 4.69) is 15.5 Å². The Morgan fingerprint density at radius 2 is 1.94 bits per heavy atom. The molecule has 1 aromatic heterocycles. The standard InChI is InChI=1S/C25H21ClN4O4S/c1-2-34-21-9-5-6-16(23(21)32)14-27-29-22(31)15-35-25-28-20-8-4-3-7-19(20)24(33)30(25)18-12-10-17(26)11-13-18/h3-14,32H,2,15H2,1H3,(H,29,31). The second-order valence-corrected chi connectivity index (χ2v) is 8.62. The van der Waals surface area contributed by atoms with Crippen LogP contribution in [0, 0.1) is 0 Å². The molecular weight excluding hydrogens is 488 g/mol. The molecule has 0 atom stereocenters. The second-order valence-electron chi connectivity index (χ2n) is 7.24. The predicted octanol–water partition coefficient (Wildman–Crippen LogP) is 4.39. The number of halogens is 1. The highest BCUT2D eigenvalue weighted by Gasteiger charge is 2.15. The molecule has 0 fully saturated rings. The van der Waals surface area contributed by atoms with Crippen LogP contribution in [0.15, 0.2) is 81.8 Å². The fourth-order valence-corrected chi connectivity index (χ4v) is 4.21. The van der Waals surface area contributed by atoms with Crippen LogP contribution in [0.2, 0.25) is 5.02 Å². The van der Waals surface area contributed by atoms with Crippen LogP contribution in [0.1, 0.15) is 12.5 Å². The van der Waals surface area contributed by atoms with E-state index in [0.29, 0.717) is 44.7 Å². The fraction of sp³-hybridized carbons (Fsp3) is 0.120. The minimum atomic E-state index is -0.406. The first-order valence-electron chi connectivity index (χ1n) is 10.6. The van der Waals surface area contributed by atoms with E-state index in [4.69, 9.17) is 16.3 Å². The molecule has 0 radical (unpaired) electrons. The van der Waals surface area contributed by atoms with Crippen LogP contribution in [-0.2, 0) is 4.79 Å². The van der Waals surface area contributed by atoms with Crippen LogP contribution < -0.4 is 15.7 Å². The van der Waals surface area contributed by atoms with E-state index in [1.165, 1.54) is 10.8 Å². The molecule has 4 aromatic rings. The maximum atomic E-state index is 13.2. The summed E-state index contributed by atoms with van der Waals surface area (Å²) >= 11 is 7.11. The molecule has 0 bridgehead atoms. The van der Waals surface area contributed by atoms with Gasteiger partial charge in [-0.1, -0.05) is 41.6 Å². The van der Waals surface area contributed by atoms with Gasteiger partial charge in [0.1, 0.15) is 0 Å². The average Bonchev–Trinajstić information content (AvgIpc) is 2.86. The number of nitrogens with one attached hydrogen (secondary N) is 1. The van der Waals surface area contributed by atoms with Crippen LogP contribution in [-0.4, -0.2) is 39.1 Å². The van der Waals surface area contributed by atoms with Gasteiger partial charge >= 0.3 is 0 Å². The van der Waals surface area contributed by atoms with Crippen molar-refractivity contribution in [2.75, 3.05) is 12.4 Å². The minimum absolute atomic E-state index is 0.0410. The molecule has 8 nitrogen and oxygen atoms in total. The van der Waals surface area contributed by atoms with E-state index in [0.717, 1.165) is 11.8 Å². The van der Waals surface area contributed by atoms with Crippen molar-refractivity contribution in [3.63, 3.8) is 0 Å². The van der Waals surface area contributed by atoms with Crippen molar-refractivity contribution in [3.8, 4) is 17.2 Å². The Bertz CT molecular complexity index is 1450. The summed E-state index contributed by atoms with van der Waals surface area (Å²) in [5.41, 5.74) is 3.70. The number of aromatic hydroxyl groups is 1. The molecule has 0 spiro atoms. The van der Waals surface area contributed by atoms with Crippen molar-refractivity contribution >= 4 is 46.4 Å². The number of para-hydroxylation sites is 2. The van der Waals surface area contributed by atoms with E-state index in [9.17, 15) is 14.7 Å². The highest BCUT2D eigenvalue weighted by Crippen LogP contribution is 2.28. The van der Waals surface area contributed by atoms with Gasteiger partial charge in [-0.25, -0.2) is 10.4 Å². The van der Waals surface area contributed by atoms with Gasteiger partial charge in [0.2, 0.25) is 0 Å². The summed E-state index contributed by atoms with van der Waals surface area (Å²) in [7, 11) is 0. The zero-order valence-corrected chi connectivity index (χ0v) is 20.2. The predicted molar refractivity (Wildman–Crippen MR) is 138 cm³/mol. The van der Waals surface area contributed by atoms with Gasteiger partial charge in [-0.15, -0.1) is 0 Å². The number of rotatable bonds is 8. The van der Waals surface area contributed by atoms with Gasteiger partial charge in [0.05, 0.1) is 35.2 Å². The van der Waals surface area contributed by atoms with Crippen molar-refractivity contribution in [1.29, 1.82) is 0 Å². The Labute approximate surface area is 210 Å². The van der Waals surface area contributed by atoms with Crippen LogP contribution in [0.5, 0.6) is 11.5 Å². The number of hydrogen-bond acceptors (Lipinski definition) is 7. The summed E-state index contributed by atoms with van der Waals surface area (Å²) in [5.74, 6) is -0.174. The number of ether oxygens (including phenoxy) is 1. The number of phenolic OH excluding ortho intramolecular Hbond substituents is 1.